The molecule has 0 aliphatic carbocycles. The van der Waals surface area contributed by atoms with Gasteiger partial charge in [0.1, 0.15) is 11.6 Å². The van der Waals surface area contributed by atoms with E-state index in [0.29, 0.717) is 24.4 Å². The average Bonchev–Trinajstić information content (AvgIpc) is 2.94. The van der Waals surface area contributed by atoms with Gasteiger partial charge in [-0.1, -0.05) is 0 Å². The largest absolute Gasteiger partial charge is 0.323 e. The molecule has 1 aromatic carbocycles. The summed E-state index contributed by atoms with van der Waals surface area (Å²) in [5.41, 5.74) is 3.81. The highest BCUT2D eigenvalue weighted by molar-refractivity contribution is 6.17. The molecule has 0 atom stereocenters. The van der Waals surface area contributed by atoms with Crippen molar-refractivity contribution in [2.75, 3.05) is 5.88 Å². The molecule has 0 fully saturated rings. The number of halogens is 2. The molecule has 0 saturated heterocycles. The van der Waals surface area contributed by atoms with Crippen molar-refractivity contribution in [3.63, 3.8) is 0 Å². The molecule has 3 rings (SSSR count). The number of aromatic nitrogens is 4. The van der Waals surface area contributed by atoms with Crippen LogP contribution in [0.25, 0.3) is 11.0 Å². The Morgan fingerprint density at radius 3 is 2.81 bits per heavy atom. The minimum absolute atomic E-state index is 0.276. The number of rotatable bonds is 4. The number of benzene rings is 1. The van der Waals surface area contributed by atoms with Crippen LogP contribution >= 0.6 is 11.6 Å². The second-order valence-electron chi connectivity index (χ2n) is 5.07. The zero-order valence-electron chi connectivity index (χ0n) is 12.0. The van der Waals surface area contributed by atoms with Crippen LogP contribution in [-0.4, -0.2) is 25.2 Å². The number of fused-ring (bicyclic) bond motifs is 1. The lowest BCUT2D eigenvalue weighted by atomic mass is 10.2. The smallest absolute Gasteiger partial charge is 0.125 e. The van der Waals surface area contributed by atoms with E-state index in [1.165, 1.54) is 12.1 Å². The molecular formula is C15H16ClFN4. The summed E-state index contributed by atoms with van der Waals surface area (Å²) in [4.78, 5) is 4.51. The fraction of sp³-hybridized carbons (Fsp3) is 0.333. The SMILES string of the molecule is Cc1c(Cn2c(CCCl)nc3cc(F)ccc32)cnn1C. The van der Waals surface area contributed by atoms with E-state index in [0.717, 1.165) is 22.6 Å². The molecule has 0 unspecified atom stereocenters. The molecule has 0 aliphatic heterocycles. The van der Waals surface area contributed by atoms with E-state index < -0.39 is 0 Å². The van der Waals surface area contributed by atoms with Crippen molar-refractivity contribution < 1.29 is 4.39 Å². The van der Waals surface area contributed by atoms with Crippen LogP contribution in [0.3, 0.4) is 0 Å². The molecule has 0 radical (unpaired) electrons. The Hall–Kier alpha value is -1.88. The van der Waals surface area contributed by atoms with Gasteiger partial charge in [0.25, 0.3) is 0 Å². The third-order valence-electron chi connectivity index (χ3n) is 3.77. The predicted octanol–water partition coefficient (Wildman–Crippen LogP) is 3.05. The maximum absolute atomic E-state index is 13.4. The van der Waals surface area contributed by atoms with E-state index >= 15 is 0 Å². The molecule has 0 saturated carbocycles. The van der Waals surface area contributed by atoms with Gasteiger partial charge in [0.15, 0.2) is 0 Å². The number of hydrogen-bond acceptors (Lipinski definition) is 2. The minimum atomic E-state index is -0.276. The molecule has 6 heteroatoms. The molecule has 2 heterocycles. The van der Waals surface area contributed by atoms with Crippen molar-refractivity contribution in [2.24, 2.45) is 7.05 Å². The summed E-state index contributed by atoms with van der Waals surface area (Å²) in [6.07, 6.45) is 2.51. The van der Waals surface area contributed by atoms with E-state index in [9.17, 15) is 4.39 Å². The van der Waals surface area contributed by atoms with Crippen LogP contribution in [0.5, 0.6) is 0 Å². The van der Waals surface area contributed by atoms with Crippen LogP contribution in [0.2, 0.25) is 0 Å². The highest BCUT2D eigenvalue weighted by Gasteiger charge is 2.13. The van der Waals surface area contributed by atoms with Crippen LogP contribution in [0.4, 0.5) is 4.39 Å². The molecule has 3 aromatic rings. The lowest BCUT2D eigenvalue weighted by Crippen LogP contribution is -2.07. The van der Waals surface area contributed by atoms with E-state index in [4.69, 9.17) is 11.6 Å². The molecule has 0 amide bonds. The molecule has 0 bridgehead atoms. The predicted molar refractivity (Wildman–Crippen MR) is 81.2 cm³/mol. The first-order valence-corrected chi connectivity index (χ1v) is 7.31. The van der Waals surface area contributed by atoms with Crippen LogP contribution < -0.4 is 0 Å². The highest BCUT2D eigenvalue weighted by Crippen LogP contribution is 2.20. The molecule has 2 aromatic heterocycles. The fourth-order valence-corrected chi connectivity index (χ4v) is 2.64. The molecule has 0 spiro atoms. The fourth-order valence-electron chi connectivity index (χ4n) is 2.47. The molecule has 0 aliphatic rings. The van der Waals surface area contributed by atoms with Gasteiger partial charge in [-0.25, -0.2) is 9.37 Å². The van der Waals surface area contributed by atoms with Gasteiger partial charge in [0.2, 0.25) is 0 Å². The number of aryl methyl sites for hydroxylation is 2. The van der Waals surface area contributed by atoms with E-state index in [-0.39, 0.29) is 5.82 Å². The summed E-state index contributed by atoms with van der Waals surface area (Å²) in [7, 11) is 1.92. The first kappa shape index (κ1) is 14.1. The summed E-state index contributed by atoms with van der Waals surface area (Å²) in [6, 6.07) is 4.68. The number of alkyl halides is 1. The molecular weight excluding hydrogens is 291 g/mol. The van der Waals surface area contributed by atoms with Gasteiger partial charge in [0.05, 0.1) is 23.8 Å². The van der Waals surface area contributed by atoms with Gasteiger partial charge >= 0.3 is 0 Å². The van der Waals surface area contributed by atoms with E-state index in [1.807, 2.05) is 24.9 Å². The number of hydrogen-bond donors (Lipinski definition) is 0. The third-order valence-corrected chi connectivity index (χ3v) is 3.96. The third kappa shape index (κ3) is 2.53. The van der Waals surface area contributed by atoms with Crippen molar-refractivity contribution in [3.8, 4) is 0 Å². The van der Waals surface area contributed by atoms with Gasteiger partial charge < -0.3 is 4.57 Å². The molecule has 110 valence electrons. The van der Waals surface area contributed by atoms with Crippen molar-refractivity contribution >= 4 is 22.6 Å². The normalized spacial score (nSPS) is 11.4. The average molecular weight is 307 g/mol. The Bertz CT molecular complexity index is 790. The summed E-state index contributed by atoms with van der Waals surface area (Å²) in [5.74, 6) is 1.08. The van der Waals surface area contributed by atoms with Crippen LogP contribution in [0.15, 0.2) is 24.4 Å². The Balaban J connectivity index is 2.10. The number of imidazole rings is 1. The maximum atomic E-state index is 13.4. The van der Waals surface area contributed by atoms with Crippen LogP contribution in [-0.2, 0) is 20.0 Å². The molecule has 0 N–H and O–H groups in total. The standard InChI is InChI=1S/C15H16ClFN4/c1-10-11(8-18-20(10)2)9-21-14-4-3-12(17)7-13(14)19-15(21)5-6-16/h3-4,7-8H,5-6,9H2,1-2H3. The minimum Gasteiger partial charge on any atom is -0.323 e. The lowest BCUT2D eigenvalue weighted by Gasteiger charge is -2.08. The lowest BCUT2D eigenvalue weighted by molar-refractivity contribution is 0.629. The highest BCUT2D eigenvalue weighted by atomic mass is 35.5. The zero-order valence-corrected chi connectivity index (χ0v) is 12.7. The first-order valence-electron chi connectivity index (χ1n) is 6.78. The van der Waals surface area contributed by atoms with Gasteiger partial charge in [-0.15, -0.1) is 11.6 Å². The summed E-state index contributed by atoms with van der Waals surface area (Å²) < 4.78 is 17.3. The molecule has 4 nitrogen and oxygen atoms in total. The second-order valence-corrected chi connectivity index (χ2v) is 5.44. The topological polar surface area (TPSA) is 35.6 Å². The second kappa shape index (κ2) is 5.48. The Morgan fingerprint density at radius 2 is 2.14 bits per heavy atom. The van der Waals surface area contributed by atoms with Crippen LogP contribution in [0.1, 0.15) is 17.1 Å². The van der Waals surface area contributed by atoms with Crippen molar-refractivity contribution in [1.29, 1.82) is 0 Å². The summed E-state index contributed by atoms with van der Waals surface area (Å²) >= 11 is 5.86. The van der Waals surface area contributed by atoms with E-state index in [1.54, 1.807) is 6.07 Å². The van der Waals surface area contributed by atoms with E-state index in [2.05, 4.69) is 14.6 Å². The Labute approximate surface area is 127 Å². The van der Waals surface area contributed by atoms with Gasteiger partial charge in [0, 0.05) is 36.7 Å². The Morgan fingerprint density at radius 1 is 1.33 bits per heavy atom. The zero-order chi connectivity index (χ0) is 15.0. The van der Waals surface area contributed by atoms with Crippen molar-refractivity contribution in [3.05, 3.63) is 47.3 Å². The van der Waals surface area contributed by atoms with Crippen molar-refractivity contribution in [1.82, 2.24) is 19.3 Å². The number of nitrogens with zero attached hydrogens (tertiary/aromatic N) is 4. The van der Waals surface area contributed by atoms with Crippen molar-refractivity contribution in [2.45, 2.75) is 19.9 Å². The first-order chi connectivity index (χ1) is 10.1. The summed E-state index contributed by atoms with van der Waals surface area (Å²) in [5, 5.41) is 4.26. The quantitative estimate of drug-likeness (QED) is 0.695. The Kier molecular flexibility index (Phi) is 3.68. The summed E-state index contributed by atoms with van der Waals surface area (Å²) in [6.45, 7) is 2.69. The monoisotopic (exact) mass is 306 g/mol. The van der Waals surface area contributed by atoms with Gasteiger partial charge in [-0.05, 0) is 19.1 Å². The molecule has 21 heavy (non-hydrogen) atoms. The maximum Gasteiger partial charge on any atom is 0.125 e. The van der Waals surface area contributed by atoms with Gasteiger partial charge in [-0.3, -0.25) is 4.68 Å². The van der Waals surface area contributed by atoms with Gasteiger partial charge in [-0.2, -0.15) is 5.10 Å². The van der Waals surface area contributed by atoms with Crippen LogP contribution in [0, 0.1) is 12.7 Å².